The SMILES string of the molecule is Cc1ccc(S(=O)(=O)n2ccc3cc(NC(=O)C(C)(C)C)cnc32)cc1. The van der Waals surface area contributed by atoms with Gasteiger partial charge < -0.3 is 5.32 Å². The van der Waals surface area contributed by atoms with E-state index in [1.54, 1.807) is 36.4 Å². The summed E-state index contributed by atoms with van der Waals surface area (Å²) in [4.78, 5) is 16.6. The molecule has 2 heterocycles. The summed E-state index contributed by atoms with van der Waals surface area (Å²) in [5.74, 6) is -0.134. The summed E-state index contributed by atoms with van der Waals surface area (Å²) < 4.78 is 26.9. The monoisotopic (exact) mass is 371 g/mol. The molecule has 0 spiro atoms. The van der Waals surface area contributed by atoms with Crippen LogP contribution in [-0.2, 0) is 14.8 Å². The Balaban J connectivity index is 1.99. The first kappa shape index (κ1) is 18.1. The second kappa shape index (κ2) is 6.25. The quantitative estimate of drug-likeness (QED) is 0.763. The number of nitrogens with zero attached hydrogens (tertiary/aromatic N) is 2. The normalized spacial score (nSPS) is 12.3. The molecule has 6 nitrogen and oxygen atoms in total. The summed E-state index contributed by atoms with van der Waals surface area (Å²) in [5, 5.41) is 3.43. The molecule has 7 heteroatoms. The number of aryl methyl sites for hydroxylation is 1. The summed E-state index contributed by atoms with van der Waals surface area (Å²) in [5.41, 5.74) is 1.30. The third-order valence-electron chi connectivity index (χ3n) is 4.01. The number of nitrogens with one attached hydrogen (secondary N) is 1. The van der Waals surface area contributed by atoms with Gasteiger partial charge in [-0.15, -0.1) is 0 Å². The predicted molar refractivity (Wildman–Crippen MR) is 102 cm³/mol. The van der Waals surface area contributed by atoms with E-state index in [2.05, 4.69) is 10.3 Å². The molecule has 1 aromatic carbocycles. The summed E-state index contributed by atoms with van der Waals surface area (Å²) in [6, 6.07) is 10.1. The molecule has 0 aliphatic carbocycles. The van der Waals surface area contributed by atoms with E-state index in [0.717, 1.165) is 9.54 Å². The van der Waals surface area contributed by atoms with Crippen LogP contribution in [0.4, 0.5) is 5.69 Å². The molecule has 0 aliphatic heterocycles. The molecule has 136 valence electrons. The lowest BCUT2D eigenvalue weighted by Crippen LogP contribution is -2.27. The van der Waals surface area contributed by atoms with Gasteiger partial charge in [0.25, 0.3) is 10.0 Å². The minimum Gasteiger partial charge on any atom is -0.324 e. The maximum Gasteiger partial charge on any atom is 0.269 e. The maximum atomic E-state index is 12.9. The average Bonchev–Trinajstić information content (AvgIpc) is 2.98. The number of fused-ring (bicyclic) bond motifs is 1. The van der Waals surface area contributed by atoms with Crippen LogP contribution in [0.3, 0.4) is 0 Å². The lowest BCUT2D eigenvalue weighted by atomic mass is 9.95. The molecule has 0 saturated heterocycles. The van der Waals surface area contributed by atoms with Gasteiger partial charge in [-0.1, -0.05) is 38.5 Å². The van der Waals surface area contributed by atoms with Gasteiger partial charge in [-0.3, -0.25) is 4.79 Å². The van der Waals surface area contributed by atoms with Crippen molar-refractivity contribution in [2.75, 3.05) is 5.32 Å². The highest BCUT2D eigenvalue weighted by molar-refractivity contribution is 7.90. The van der Waals surface area contributed by atoms with Gasteiger partial charge in [0.1, 0.15) is 0 Å². The van der Waals surface area contributed by atoms with Crippen LogP contribution in [0.5, 0.6) is 0 Å². The molecular weight excluding hydrogens is 350 g/mol. The molecule has 0 aliphatic rings. The van der Waals surface area contributed by atoms with E-state index in [1.165, 1.54) is 12.4 Å². The predicted octanol–water partition coefficient (Wildman–Crippen LogP) is 3.57. The molecule has 0 radical (unpaired) electrons. The maximum absolute atomic E-state index is 12.9. The van der Waals surface area contributed by atoms with Gasteiger partial charge in [-0.25, -0.2) is 17.4 Å². The lowest BCUT2D eigenvalue weighted by molar-refractivity contribution is -0.123. The number of anilines is 1. The topological polar surface area (TPSA) is 81.1 Å². The molecule has 3 aromatic rings. The molecular formula is C19H21N3O3S. The Kier molecular flexibility index (Phi) is 4.36. The Morgan fingerprint density at radius 3 is 2.38 bits per heavy atom. The number of hydrogen-bond donors (Lipinski definition) is 1. The Labute approximate surface area is 152 Å². The smallest absolute Gasteiger partial charge is 0.269 e. The van der Waals surface area contributed by atoms with Gasteiger partial charge in [0, 0.05) is 17.0 Å². The molecule has 1 amide bonds. The van der Waals surface area contributed by atoms with E-state index in [0.29, 0.717) is 16.7 Å². The zero-order chi connectivity index (χ0) is 19.1. The van der Waals surface area contributed by atoms with Gasteiger partial charge in [-0.2, -0.15) is 0 Å². The van der Waals surface area contributed by atoms with Crippen molar-refractivity contribution in [2.45, 2.75) is 32.6 Å². The van der Waals surface area contributed by atoms with Crippen LogP contribution in [0.15, 0.2) is 53.7 Å². The number of pyridine rings is 1. The Morgan fingerprint density at radius 2 is 1.77 bits per heavy atom. The fourth-order valence-electron chi connectivity index (χ4n) is 2.40. The molecule has 3 rings (SSSR count). The van der Waals surface area contributed by atoms with Crippen LogP contribution in [-0.4, -0.2) is 23.3 Å². The minimum absolute atomic E-state index is 0.134. The molecule has 0 saturated carbocycles. The third kappa shape index (κ3) is 3.35. The zero-order valence-electron chi connectivity index (χ0n) is 15.1. The fourth-order valence-corrected chi connectivity index (χ4v) is 3.71. The van der Waals surface area contributed by atoms with Gasteiger partial charge in [0.2, 0.25) is 5.91 Å². The van der Waals surface area contributed by atoms with Crippen LogP contribution in [0.1, 0.15) is 26.3 Å². The highest BCUT2D eigenvalue weighted by Gasteiger charge is 2.22. The van der Waals surface area contributed by atoms with Crippen molar-refractivity contribution in [1.29, 1.82) is 0 Å². The molecule has 2 aromatic heterocycles. The minimum atomic E-state index is -3.73. The van der Waals surface area contributed by atoms with Crippen molar-refractivity contribution in [2.24, 2.45) is 5.41 Å². The van der Waals surface area contributed by atoms with Crippen molar-refractivity contribution < 1.29 is 13.2 Å². The van der Waals surface area contributed by atoms with E-state index >= 15 is 0 Å². The number of rotatable bonds is 3. The van der Waals surface area contributed by atoms with Gasteiger partial charge in [-0.05, 0) is 31.2 Å². The Morgan fingerprint density at radius 1 is 1.12 bits per heavy atom. The first-order valence-electron chi connectivity index (χ1n) is 8.20. The number of amides is 1. The summed E-state index contributed by atoms with van der Waals surface area (Å²) in [6.45, 7) is 7.35. The first-order chi connectivity index (χ1) is 12.1. The number of hydrogen-bond acceptors (Lipinski definition) is 4. The average molecular weight is 371 g/mol. The van der Waals surface area contributed by atoms with Crippen molar-refractivity contribution in [3.63, 3.8) is 0 Å². The van der Waals surface area contributed by atoms with Crippen LogP contribution in [0, 0.1) is 12.3 Å². The molecule has 1 N–H and O–H groups in total. The lowest BCUT2D eigenvalue weighted by Gasteiger charge is -2.17. The van der Waals surface area contributed by atoms with E-state index in [1.807, 2.05) is 27.7 Å². The van der Waals surface area contributed by atoms with Crippen molar-refractivity contribution in [1.82, 2.24) is 8.96 Å². The largest absolute Gasteiger partial charge is 0.324 e. The van der Waals surface area contributed by atoms with Crippen molar-refractivity contribution >= 4 is 32.7 Å². The summed E-state index contributed by atoms with van der Waals surface area (Å²) in [6.07, 6.45) is 2.94. The first-order valence-corrected chi connectivity index (χ1v) is 9.64. The van der Waals surface area contributed by atoms with Gasteiger partial charge in [0.05, 0.1) is 16.8 Å². The molecule has 26 heavy (non-hydrogen) atoms. The van der Waals surface area contributed by atoms with Crippen molar-refractivity contribution in [3.05, 3.63) is 54.4 Å². The summed E-state index contributed by atoms with van der Waals surface area (Å²) >= 11 is 0. The third-order valence-corrected chi connectivity index (χ3v) is 5.69. The standard InChI is InChI=1S/C19H21N3O3S/c1-13-5-7-16(8-6-13)26(24,25)22-10-9-14-11-15(12-20-17(14)22)21-18(23)19(2,3)4/h5-12H,1-4H3,(H,21,23). The van der Waals surface area contributed by atoms with Crippen LogP contribution >= 0.6 is 0 Å². The van der Waals surface area contributed by atoms with Crippen LogP contribution in [0.2, 0.25) is 0 Å². The van der Waals surface area contributed by atoms with E-state index in [4.69, 9.17) is 0 Å². The summed E-state index contributed by atoms with van der Waals surface area (Å²) in [7, 11) is -3.73. The Hall–Kier alpha value is -2.67. The van der Waals surface area contributed by atoms with Crippen molar-refractivity contribution in [3.8, 4) is 0 Å². The Bertz CT molecular complexity index is 1080. The second-order valence-corrected chi connectivity index (χ2v) is 9.09. The molecule has 0 atom stereocenters. The van der Waals surface area contributed by atoms with Gasteiger partial charge >= 0.3 is 0 Å². The number of carbonyl (C=O) groups is 1. The van der Waals surface area contributed by atoms with E-state index in [-0.39, 0.29) is 10.8 Å². The van der Waals surface area contributed by atoms with E-state index in [9.17, 15) is 13.2 Å². The molecule has 0 unspecified atom stereocenters. The highest BCUT2D eigenvalue weighted by atomic mass is 32.2. The second-order valence-electron chi connectivity index (χ2n) is 7.27. The zero-order valence-corrected chi connectivity index (χ0v) is 16.0. The van der Waals surface area contributed by atoms with Gasteiger partial charge in [0.15, 0.2) is 5.65 Å². The highest BCUT2D eigenvalue weighted by Crippen LogP contribution is 2.24. The van der Waals surface area contributed by atoms with E-state index < -0.39 is 15.4 Å². The number of carbonyl (C=O) groups excluding carboxylic acids is 1. The van der Waals surface area contributed by atoms with Crippen LogP contribution < -0.4 is 5.32 Å². The fraction of sp³-hybridized carbons (Fsp3) is 0.263. The number of aromatic nitrogens is 2. The molecule has 0 bridgehead atoms. The molecule has 0 fully saturated rings. The number of benzene rings is 1. The van der Waals surface area contributed by atoms with Crippen LogP contribution in [0.25, 0.3) is 11.0 Å².